The Hall–Kier alpha value is -1.99. The summed E-state index contributed by atoms with van der Waals surface area (Å²) < 4.78 is 14.6. The highest BCUT2D eigenvalue weighted by Crippen LogP contribution is 2.27. The number of nitro benzene ring substituents is 1. The summed E-state index contributed by atoms with van der Waals surface area (Å²) in [5, 5.41) is 13.8. The first-order valence-corrected chi connectivity index (χ1v) is 7.76. The normalized spacial score (nSPS) is 10.8. The number of halogens is 2. The number of anilines is 1. The van der Waals surface area contributed by atoms with Crippen LogP contribution in [0.15, 0.2) is 40.9 Å². The van der Waals surface area contributed by atoms with Crippen LogP contribution in [-0.4, -0.2) is 23.9 Å². The first-order valence-electron chi connectivity index (χ1n) is 6.96. The van der Waals surface area contributed by atoms with Crippen LogP contribution in [0, 0.1) is 15.9 Å². The minimum Gasteiger partial charge on any atom is -0.380 e. The van der Waals surface area contributed by atoms with E-state index in [4.69, 9.17) is 0 Å². The van der Waals surface area contributed by atoms with Crippen molar-refractivity contribution in [2.24, 2.45) is 0 Å². The van der Waals surface area contributed by atoms with Gasteiger partial charge in [-0.15, -0.1) is 0 Å². The largest absolute Gasteiger partial charge is 0.380 e. The van der Waals surface area contributed by atoms with Crippen molar-refractivity contribution in [1.82, 2.24) is 4.90 Å². The Morgan fingerprint density at radius 3 is 2.57 bits per heavy atom. The van der Waals surface area contributed by atoms with E-state index < -0.39 is 4.92 Å². The smallest absolute Gasteiger partial charge is 0.270 e. The van der Waals surface area contributed by atoms with Crippen LogP contribution in [0.25, 0.3) is 0 Å². The maximum absolute atomic E-state index is 14.0. The van der Waals surface area contributed by atoms with Crippen molar-refractivity contribution in [2.75, 3.05) is 19.4 Å². The van der Waals surface area contributed by atoms with E-state index in [-0.39, 0.29) is 11.5 Å². The van der Waals surface area contributed by atoms with Gasteiger partial charge in [0.1, 0.15) is 5.82 Å². The second-order valence-electron chi connectivity index (χ2n) is 5.44. The van der Waals surface area contributed by atoms with Gasteiger partial charge >= 0.3 is 0 Å². The summed E-state index contributed by atoms with van der Waals surface area (Å²) in [7, 11) is 3.78. The second-order valence-corrected chi connectivity index (χ2v) is 6.29. The minimum atomic E-state index is -0.451. The van der Waals surface area contributed by atoms with Crippen LogP contribution in [0.4, 0.5) is 15.8 Å². The van der Waals surface area contributed by atoms with E-state index >= 15 is 0 Å². The molecule has 0 saturated carbocycles. The Morgan fingerprint density at radius 1 is 1.26 bits per heavy atom. The molecule has 5 nitrogen and oxygen atoms in total. The van der Waals surface area contributed by atoms with Crippen LogP contribution in [0.3, 0.4) is 0 Å². The van der Waals surface area contributed by atoms with Crippen molar-refractivity contribution in [2.45, 2.75) is 13.1 Å². The van der Waals surface area contributed by atoms with Crippen LogP contribution < -0.4 is 5.32 Å². The van der Waals surface area contributed by atoms with Crippen molar-refractivity contribution in [1.29, 1.82) is 0 Å². The number of hydrogen-bond acceptors (Lipinski definition) is 4. The van der Waals surface area contributed by atoms with Gasteiger partial charge in [-0.2, -0.15) is 0 Å². The fourth-order valence-corrected chi connectivity index (χ4v) is 2.63. The molecule has 2 aromatic carbocycles. The van der Waals surface area contributed by atoms with Crippen molar-refractivity contribution >= 4 is 27.3 Å². The second kappa shape index (κ2) is 7.52. The molecule has 2 aromatic rings. The fraction of sp³-hybridized carbons (Fsp3) is 0.250. The van der Waals surface area contributed by atoms with Gasteiger partial charge in [-0.25, -0.2) is 4.39 Å². The molecule has 1 N–H and O–H groups in total. The summed E-state index contributed by atoms with van der Waals surface area (Å²) in [5.74, 6) is -0.235. The van der Waals surface area contributed by atoms with Crippen LogP contribution in [-0.2, 0) is 13.1 Å². The molecule has 0 saturated heterocycles. The monoisotopic (exact) mass is 381 g/mol. The predicted octanol–water partition coefficient (Wildman–Crippen LogP) is 4.17. The van der Waals surface area contributed by atoms with E-state index in [0.717, 1.165) is 5.56 Å². The summed E-state index contributed by atoms with van der Waals surface area (Å²) in [6.45, 7) is 0.975. The number of nitro groups is 1. The standard InChI is InChI=1S/C16H17BrFN3O2/c1-20(2)10-12-4-3-11(7-15(12)18)9-19-16-6-5-13(21(22)23)8-14(16)17/h3-8,19H,9-10H2,1-2H3. The zero-order valence-corrected chi connectivity index (χ0v) is 14.4. The molecule has 0 bridgehead atoms. The lowest BCUT2D eigenvalue weighted by molar-refractivity contribution is -0.384. The SMILES string of the molecule is CN(C)Cc1ccc(CNc2ccc([N+](=O)[O-])cc2Br)cc1F. The maximum Gasteiger partial charge on any atom is 0.270 e. The lowest BCUT2D eigenvalue weighted by Crippen LogP contribution is -2.12. The number of hydrogen-bond donors (Lipinski definition) is 1. The van der Waals surface area contributed by atoms with Gasteiger partial charge in [-0.05, 0) is 47.7 Å². The van der Waals surface area contributed by atoms with E-state index in [2.05, 4.69) is 21.2 Å². The van der Waals surface area contributed by atoms with E-state index in [1.807, 2.05) is 25.1 Å². The number of nitrogens with one attached hydrogen (secondary N) is 1. The molecule has 0 aliphatic heterocycles. The first-order chi connectivity index (χ1) is 10.9. The average Bonchev–Trinajstić information content (AvgIpc) is 2.48. The molecule has 122 valence electrons. The number of rotatable bonds is 6. The van der Waals surface area contributed by atoms with Gasteiger partial charge in [-0.1, -0.05) is 12.1 Å². The highest BCUT2D eigenvalue weighted by molar-refractivity contribution is 9.10. The molecule has 0 fully saturated rings. The highest BCUT2D eigenvalue weighted by atomic mass is 79.9. The van der Waals surface area contributed by atoms with Crippen molar-refractivity contribution in [3.63, 3.8) is 0 Å². The molecule has 0 spiro atoms. The highest BCUT2D eigenvalue weighted by Gasteiger charge is 2.09. The fourth-order valence-electron chi connectivity index (χ4n) is 2.13. The third-order valence-corrected chi connectivity index (χ3v) is 3.91. The van der Waals surface area contributed by atoms with Crippen LogP contribution in [0.2, 0.25) is 0 Å². The molecule has 0 aromatic heterocycles. The number of nitrogens with zero attached hydrogens (tertiary/aromatic N) is 2. The zero-order valence-electron chi connectivity index (χ0n) is 12.8. The quantitative estimate of drug-likeness (QED) is 0.602. The van der Waals surface area contributed by atoms with Crippen molar-refractivity contribution in [3.8, 4) is 0 Å². The van der Waals surface area contributed by atoms with Crippen molar-refractivity contribution < 1.29 is 9.31 Å². The Labute approximate surface area is 142 Å². The Kier molecular flexibility index (Phi) is 5.68. The molecule has 2 rings (SSSR count). The van der Waals surface area contributed by atoms with Gasteiger partial charge < -0.3 is 10.2 Å². The lowest BCUT2D eigenvalue weighted by Gasteiger charge is -2.12. The van der Waals surface area contributed by atoms with Gasteiger partial charge in [0, 0.05) is 40.9 Å². The Morgan fingerprint density at radius 2 is 2.00 bits per heavy atom. The number of benzene rings is 2. The van der Waals surface area contributed by atoms with Gasteiger partial charge in [0.15, 0.2) is 0 Å². The molecular weight excluding hydrogens is 365 g/mol. The maximum atomic E-state index is 14.0. The summed E-state index contributed by atoms with van der Waals surface area (Å²) in [4.78, 5) is 12.2. The van der Waals surface area contributed by atoms with E-state index in [1.165, 1.54) is 18.2 Å². The Bertz CT molecular complexity index is 722. The molecule has 0 radical (unpaired) electrons. The van der Waals surface area contributed by atoms with Gasteiger partial charge in [-0.3, -0.25) is 10.1 Å². The van der Waals surface area contributed by atoms with Gasteiger partial charge in [0.05, 0.1) is 4.92 Å². The molecule has 0 aliphatic rings. The number of non-ortho nitro benzene ring substituents is 1. The zero-order chi connectivity index (χ0) is 17.0. The molecule has 23 heavy (non-hydrogen) atoms. The molecule has 0 amide bonds. The Balaban J connectivity index is 2.06. The first kappa shape index (κ1) is 17.4. The third-order valence-electron chi connectivity index (χ3n) is 3.25. The summed E-state index contributed by atoms with van der Waals surface area (Å²) in [5.41, 5.74) is 2.18. The molecular formula is C16H17BrFN3O2. The summed E-state index contributed by atoms with van der Waals surface area (Å²) >= 11 is 3.30. The summed E-state index contributed by atoms with van der Waals surface area (Å²) in [6, 6.07) is 9.63. The van der Waals surface area contributed by atoms with Crippen molar-refractivity contribution in [3.05, 3.63) is 67.9 Å². The van der Waals surface area contributed by atoms with Crippen LogP contribution in [0.5, 0.6) is 0 Å². The molecule has 0 unspecified atom stereocenters. The van der Waals surface area contributed by atoms with E-state index in [1.54, 1.807) is 12.1 Å². The summed E-state index contributed by atoms with van der Waals surface area (Å²) in [6.07, 6.45) is 0. The molecule has 0 aliphatic carbocycles. The van der Waals surface area contributed by atoms with E-state index in [0.29, 0.717) is 28.8 Å². The molecule has 7 heteroatoms. The molecule has 0 atom stereocenters. The molecule has 0 heterocycles. The minimum absolute atomic E-state index is 0.0153. The van der Waals surface area contributed by atoms with Gasteiger partial charge in [0.25, 0.3) is 5.69 Å². The van der Waals surface area contributed by atoms with Gasteiger partial charge in [0.2, 0.25) is 0 Å². The van der Waals surface area contributed by atoms with Crippen LogP contribution in [0.1, 0.15) is 11.1 Å². The average molecular weight is 382 g/mol. The predicted molar refractivity (Wildman–Crippen MR) is 91.9 cm³/mol. The topological polar surface area (TPSA) is 58.4 Å². The third kappa shape index (κ3) is 4.74. The lowest BCUT2D eigenvalue weighted by atomic mass is 10.1. The van der Waals surface area contributed by atoms with E-state index in [9.17, 15) is 14.5 Å². The van der Waals surface area contributed by atoms with Crippen LogP contribution >= 0.6 is 15.9 Å².